The van der Waals surface area contributed by atoms with Crippen molar-refractivity contribution in [3.63, 3.8) is 0 Å². The lowest BCUT2D eigenvalue weighted by molar-refractivity contribution is 0.676. The second-order valence-corrected chi connectivity index (χ2v) is 6.58. The fraction of sp³-hybridized carbons (Fsp3) is 0.375. The van der Waals surface area contributed by atoms with Crippen molar-refractivity contribution in [2.45, 2.75) is 20.4 Å². The van der Waals surface area contributed by atoms with E-state index in [-0.39, 0.29) is 0 Å². The number of nitrogens with one attached hydrogen (secondary N) is 1. The van der Waals surface area contributed by atoms with E-state index in [1.54, 1.807) is 6.26 Å². The molecule has 1 atom stereocenters. The highest BCUT2D eigenvalue weighted by Crippen LogP contribution is 2.20. The van der Waals surface area contributed by atoms with E-state index in [4.69, 9.17) is 0 Å². The van der Waals surface area contributed by atoms with Crippen LogP contribution < -0.4 is 5.32 Å². The molecule has 0 bridgehead atoms. The molecular formula is C16H22N2OS. The van der Waals surface area contributed by atoms with Crippen LogP contribution in [-0.4, -0.2) is 27.3 Å². The van der Waals surface area contributed by atoms with Gasteiger partial charge in [-0.25, -0.2) is 0 Å². The van der Waals surface area contributed by atoms with Gasteiger partial charge in [-0.05, 0) is 37.6 Å². The summed E-state index contributed by atoms with van der Waals surface area (Å²) in [5.74, 6) is 0.706. The van der Waals surface area contributed by atoms with Crippen LogP contribution in [0.15, 0.2) is 36.4 Å². The van der Waals surface area contributed by atoms with Crippen LogP contribution in [0, 0.1) is 13.8 Å². The van der Waals surface area contributed by atoms with Crippen molar-refractivity contribution < 1.29 is 4.21 Å². The number of aromatic nitrogens is 1. The van der Waals surface area contributed by atoms with Crippen molar-refractivity contribution in [1.29, 1.82) is 0 Å². The van der Waals surface area contributed by atoms with E-state index >= 15 is 0 Å². The summed E-state index contributed by atoms with van der Waals surface area (Å²) in [5.41, 5.74) is 5.00. The standard InChI is InChI=1S/C16H22N2OS/c1-13-11-15(12-17-9-10-20(3)19)14(2)18(13)16-7-5-4-6-8-16/h4-8,11,17H,9-10,12H2,1-3H3. The number of rotatable bonds is 6. The first-order valence-electron chi connectivity index (χ1n) is 6.83. The van der Waals surface area contributed by atoms with Gasteiger partial charge >= 0.3 is 0 Å². The molecule has 0 aliphatic heterocycles. The smallest absolute Gasteiger partial charge is 0.0455 e. The summed E-state index contributed by atoms with van der Waals surface area (Å²) in [6.07, 6.45) is 1.74. The molecule has 0 saturated heterocycles. The van der Waals surface area contributed by atoms with Crippen LogP contribution in [0.4, 0.5) is 0 Å². The first-order valence-corrected chi connectivity index (χ1v) is 8.56. The summed E-state index contributed by atoms with van der Waals surface area (Å²) >= 11 is 0. The van der Waals surface area contributed by atoms with Gasteiger partial charge in [0.05, 0.1) is 0 Å². The largest absolute Gasteiger partial charge is 0.318 e. The van der Waals surface area contributed by atoms with Gasteiger partial charge in [0.15, 0.2) is 0 Å². The molecule has 2 aromatic rings. The van der Waals surface area contributed by atoms with Crippen LogP contribution in [0.1, 0.15) is 17.0 Å². The Hall–Kier alpha value is -1.39. The maximum absolute atomic E-state index is 11.0. The zero-order valence-corrected chi connectivity index (χ0v) is 13.2. The van der Waals surface area contributed by atoms with Gasteiger partial charge in [0.2, 0.25) is 0 Å². The molecule has 1 unspecified atom stereocenters. The Kier molecular flexibility index (Phi) is 5.15. The first kappa shape index (κ1) is 15.0. The highest BCUT2D eigenvalue weighted by atomic mass is 32.2. The lowest BCUT2D eigenvalue weighted by Gasteiger charge is -2.10. The second kappa shape index (κ2) is 6.86. The first-order chi connectivity index (χ1) is 9.59. The van der Waals surface area contributed by atoms with E-state index in [0.29, 0.717) is 5.75 Å². The van der Waals surface area contributed by atoms with E-state index < -0.39 is 10.8 Å². The highest BCUT2D eigenvalue weighted by Gasteiger charge is 2.09. The van der Waals surface area contributed by atoms with Crippen molar-refractivity contribution in [2.75, 3.05) is 18.6 Å². The van der Waals surface area contributed by atoms with Gasteiger partial charge in [-0.15, -0.1) is 0 Å². The normalized spacial score (nSPS) is 12.6. The maximum atomic E-state index is 11.0. The fourth-order valence-corrected chi connectivity index (χ4v) is 2.85. The lowest BCUT2D eigenvalue weighted by atomic mass is 10.2. The maximum Gasteiger partial charge on any atom is 0.0455 e. The van der Waals surface area contributed by atoms with Crippen molar-refractivity contribution >= 4 is 10.8 Å². The average Bonchev–Trinajstić information content (AvgIpc) is 2.70. The molecule has 1 aromatic carbocycles. The molecule has 1 aromatic heterocycles. The van der Waals surface area contributed by atoms with Gasteiger partial charge < -0.3 is 9.88 Å². The molecule has 0 radical (unpaired) electrons. The Bertz CT molecular complexity index is 590. The number of hydrogen-bond acceptors (Lipinski definition) is 2. The van der Waals surface area contributed by atoms with Crippen LogP contribution >= 0.6 is 0 Å². The Morgan fingerprint density at radius 2 is 1.90 bits per heavy atom. The lowest BCUT2D eigenvalue weighted by Crippen LogP contribution is -2.19. The van der Waals surface area contributed by atoms with Gasteiger partial charge in [0.1, 0.15) is 0 Å². The summed E-state index contributed by atoms with van der Waals surface area (Å²) in [6, 6.07) is 12.6. The highest BCUT2D eigenvalue weighted by molar-refractivity contribution is 7.84. The molecule has 20 heavy (non-hydrogen) atoms. The predicted octanol–water partition coefficient (Wildman–Crippen LogP) is 2.56. The van der Waals surface area contributed by atoms with Crippen molar-refractivity contribution in [3.05, 3.63) is 53.3 Å². The molecule has 1 heterocycles. The molecular weight excluding hydrogens is 268 g/mol. The predicted molar refractivity (Wildman–Crippen MR) is 85.9 cm³/mol. The summed E-state index contributed by atoms with van der Waals surface area (Å²) in [6.45, 7) is 5.89. The van der Waals surface area contributed by atoms with Crippen LogP contribution in [0.25, 0.3) is 5.69 Å². The summed E-state index contributed by atoms with van der Waals surface area (Å²) in [5, 5.41) is 3.36. The zero-order valence-electron chi connectivity index (χ0n) is 12.3. The molecule has 4 heteroatoms. The summed E-state index contributed by atoms with van der Waals surface area (Å²) < 4.78 is 13.3. The summed E-state index contributed by atoms with van der Waals surface area (Å²) in [7, 11) is -0.725. The van der Waals surface area contributed by atoms with Gasteiger partial charge in [-0.1, -0.05) is 18.2 Å². The Balaban J connectivity index is 2.11. The molecule has 0 saturated carbocycles. The zero-order chi connectivity index (χ0) is 14.5. The monoisotopic (exact) mass is 290 g/mol. The molecule has 0 fully saturated rings. The molecule has 0 spiro atoms. The minimum absolute atomic E-state index is 0.706. The fourth-order valence-electron chi connectivity index (χ4n) is 2.42. The topological polar surface area (TPSA) is 34.0 Å². The quantitative estimate of drug-likeness (QED) is 0.830. The molecule has 1 N–H and O–H groups in total. The third-order valence-electron chi connectivity index (χ3n) is 3.43. The second-order valence-electron chi connectivity index (χ2n) is 5.02. The Labute approximate surface area is 123 Å². The van der Waals surface area contributed by atoms with Crippen molar-refractivity contribution in [2.24, 2.45) is 0 Å². The number of para-hydroxylation sites is 1. The van der Waals surface area contributed by atoms with Crippen LogP contribution in [0.3, 0.4) is 0 Å². The van der Waals surface area contributed by atoms with Gasteiger partial charge in [-0.3, -0.25) is 4.21 Å². The van der Waals surface area contributed by atoms with Gasteiger partial charge in [0.25, 0.3) is 0 Å². The van der Waals surface area contributed by atoms with Crippen LogP contribution in [0.2, 0.25) is 0 Å². The average molecular weight is 290 g/mol. The Morgan fingerprint density at radius 3 is 2.55 bits per heavy atom. The Morgan fingerprint density at radius 1 is 1.20 bits per heavy atom. The molecule has 0 aliphatic rings. The van der Waals surface area contributed by atoms with E-state index in [9.17, 15) is 4.21 Å². The van der Waals surface area contributed by atoms with E-state index in [1.165, 1.54) is 22.6 Å². The number of benzene rings is 1. The van der Waals surface area contributed by atoms with Crippen molar-refractivity contribution in [1.82, 2.24) is 9.88 Å². The minimum atomic E-state index is -0.725. The van der Waals surface area contributed by atoms with Crippen molar-refractivity contribution in [3.8, 4) is 5.69 Å². The number of aryl methyl sites for hydroxylation is 1. The molecule has 0 aliphatic carbocycles. The minimum Gasteiger partial charge on any atom is -0.318 e. The number of hydrogen-bond donors (Lipinski definition) is 1. The number of nitrogens with zero attached hydrogens (tertiary/aromatic N) is 1. The van der Waals surface area contributed by atoms with E-state index in [1.807, 2.05) is 6.07 Å². The van der Waals surface area contributed by atoms with E-state index in [2.05, 4.69) is 54.1 Å². The van der Waals surface area contributed by atoms with Gasteiger partial charge in [0, 0.05) is 53.0 Å². The molecule has 108 valence electrons. The molecule has 0 amide bonds. The van der Waals surface area contributed by atoms with Gasteiger partial charge in [-0.2, -0.15) is 0 Å². The SMILES string of the molecule is Cc1cc(CNCCS(C)=O)c(C)n1-c1ccccc1. The third kappa shape index (κ3) is 3.58. The van der Waals surface area contributed by atoms with E-state index in [0.717, 1.165) is 13.1 Å². The van der Waals surface area contributed by atoms with Crippen LogP contribution in [0.5, 0.6) is 0 Å². The third-order valence-corrected chi connectivity index (χ3v) is 4.21. The molecule has 2 rings (SSSR count). The van der Waals surface area contributed by atoms with Crippen LogP contribution in [-0.2, 0) is 17.3 Å². The molecule has 3 nitrogen and oxygen atoms in total. The summed E-state index contributed by atoms with van der Waals surface area (Å²) in [4.78, 5) is 0.